The molecule has 0 aliphatic carbocycles. The number of primary amides is 1. The summed E-state index contributed by atoms with van der Waals surface area (Å²) in [5.41, 5.74) is 4.64. The lowest BCUT2D eigenvalue weighted by Gasteiger charge is -2.29. The van der Waals surface area contributed by atoms with Crippen LogP contribution in [-0.4, -0.2) is 57.1 Å². The first-order valence-corrected chi connectivity index (χ1v) is 7.75. The van der Waals surface area contributed by atoms with E-state index in [-0.39, 0.29) is 24.6 Å². The Morgan fingerprint density at radius 1 is 0.783 bits per heavy atom. The largest absolute Gasteiger partial charge is 0.380 e. The van der Waals surface area contributed by atoms with Crippen LogP contribution in [0, 0.1) is 5.41 Å². The molecule has 0 spiro atoms. The van der Waals surface area contributed by atoms with E-state index in [2.05, 4.69) is 0 Å². The molecule has 0 aromatic rings. The minimum Gasteiger partial charge on any atom is -0.380 e. The number of nitrogens with two attached hydrogens (primary N) is 1. The zero-order valence-electron chi connectivity index (χ0n) is 14.4. The Balaban J connectivity index is 4.23. The smallest absolute Gasteiger partial charge is 0.219 e. The van der Waals surface area contributed by atoms with Crippen molar-refractivity contribution >= 4 is 17.5 Å². The molecule has 0 bridgehead atoms. The lowest BCUT2D eigenvalue weighted by molar-refractivity contribution is -0.120. The first-order chi connectivity index (χ1) is 10.7. The summed E-state index contributed by atoms with van der Waals surface area (Å²) < 4.78 is 16.5. The van der Waals surface area contributed by atoms with Crippen molar-refractivity contribution in [2.75, 3.05) is 39.6 Å². The van der Waals surface area contributed by atoms with Gasteiger partial charge in [-0.3, -0.25) is 14.4 Å². The summed E-state index contributed by atoms with van der Waals surface area (Å²) >= 11 is 0. The van der Waals surface area contributed by atoms with Gasteiger partial charge in [0.05, 0.1) is 39.6 Å². The highest BCUT2D eigenvalue weighted by Gasteiger charge is 2.26. The maximum atomic E-state index is 10.9. The summed E-state index contributed by atoms with van der Waals surface area (Å²) in [6, 6.07) is 0. The van der Waals surface area contributed by atoms with Crippen LogP contribution in [0.3, 0.4) is 0 Å². The van der Waals surface area contributed by atoms with Crippen LogP contribution in [0.15, 0.2) is 0 Å². The molecule has 0 unspecified atom stereocenters. The minimum absolute atomic E-state index is 0.0714. The van der Waals surface area contributed by atoms with Crippen molar-refractivity contribution in [3.8, 4) is 0 Å². The van der Waals surface area contributed by atoms with Crippen LogP contribution < -0.4 is 5.73 Å². The fraction of sp³-hybridized carbons (Fsp3) is 0.812. The van der Waals surface area contributed by atoms with Crippen molar-refractivity contribution in [3.63, 3.8) is 0 Å². The van der Waals surface area contributed by atoms with Gasteiger partial charge in [-0.15, -0.1) is 0 Å². The fourth-order valence-corrected chi connectivity index (χ4v) is 1.69. The van der Waals surface area contributed by atoms with Crippen molar-refractivity contribution in [1.29, 1.82) is 0 Å². The molecule has 0 aliphatic heterocycles. The summed E-state index contributed by atoms with van der Waals surface area (Å²) in [5, 5.41) is 0. The number of hydrogen-bond donors (Lipinski definition) is 1. The number of rotatable bonds is 15. The average molecular weight is 331 g/mol. The molecule has 0 aromatic carbocycles. The van der Waals surface area contributed by atoms with Crippen molar-refractivity contribution in [1.82, 2.24) is 0 Å². The fourth-order valence-electron chi connectivity index (χ4n) is 1.69. The van der Waals surface area contributed by atoms with Crippen LogP contribution in [0.2, 0.25) is 0 Å². The molecule has 0 aromatic heterocycles. The van der Waals surface area contributed by atoms with Crippen LogP contribution in [0.5, 0.6) is 0 Å². The van der Waals surface area contributed by atoms with Gasteiger partial charge in [0.1, 0.15) is 11.6 Å². The Kier molecular flexibility index (Phi) is 11.5. The van der Waals surface area contributed by atoms with Gasteiger partial charge in [-0.1, -0.05) is 6.92 Å². The first-order valence-electron chi connectivity index (χ1n) is 7.75. The third-order valence-corrected chi connectivity index (χ3v) is 3.04. The minimum atomic E-state index is -0.425. The highest BCUT2D eigenvalue weighted by Crippen LogP contribution is 2.19. The van der Waals surface area contributed by atoms with Gasteiger partial charge in [-0.25, -0.2) is 0 Å². The van der Waals surface area contributed by atoms with E-state index >= 15 is 0 Å². The third kappa shape index (κ3) is 14.0. The summed E-state index contributed by atoms with van der Waals surface area (Å²) in [5.74, 6) is -0.272. The molecule has 0 radical (unpaired) electrons. The van der Waals surface area contributed by atoms with E-state index in [0.29, 0.717) is 45.9 Å². The van der Waals surface area contributed by atoms with Gasteiger partial charge in [0, 0.05) is 24.7 Å². The number of amides is 1. The van der Waals surface area contributed by atoms with E-state index in [1.54, 1.807) is 0 Å². The Labute approximate surface area is 137 Å². The molecule has 0 rings (SSSR count). The molecule has 7 nitrogen and oxygen atoms in total. The van der Waals surface area contributed by atoms with Gasteiger partial charge in [0.25, 0.3) is 0 Å². The van der Waals surface area contributed by atoms with E-state index in [0.717, 1.165) is 0 Å². The molecule has 0 atom stereocenters. The molecule has 0 saturated heterocycles. The lowest BCUT2D eigenvalue weighted by atomic mass is 9.94. The average Bonchev–Trinajstić information content (AvgIpc) is 2.44. The predicted molar refractivity (Wildman–Crippen MR) is 85.0 cm³/mol. The Morgan fingerprint density at radius 3 is 1.43 bits per heavy atom. The molecule has 1 amide bonds. The molecule has 134 valence electrons. The van der Waals surface area contributed by atoms with Crippen molar-refractivity contribution in [3.05, 3.63) is 0 Å². The summed E-state index contributed by atoms with van der Waals surface area (Å²) in [7, 11) is 0. The standard InChI is InChI=1S/C16H29NO6/c1-13(18)4-7-21-10-16(3,11-22-8-5-14(2)19)12-23-9-6-15(17)20/h4-12H2,1-3H3,(H2,17,20). The Morgan fingerprint density at radius 2 is 1.13 bits per heavy atom. The van der Waals surface area contributed by atoms with Gasteiger partial charge in [0.2, 0.25) is 5.91 Å². The van der Waals surface area contributed by atoms with Crippen LogP contribution in [0.1, 0.15) is 40.0 Å². The molecule has 7 heteroatoms. The number of ether oxygens (including phenoxy) is 3. The summed E-state index contributed by atoms with van der Waals surface area (Å²) in [6.07, 6.45) is 0.889. The molecule has 23 heavy (non-hydrogen) atoms. The van der Waals surface area contributed by atoms with Crippen molar-refractivity contribution < 1.29 is 28.6 Å². The second-order valence-corrected chi connectivity index (χ2v) is 6.09. The lowest BCUT2D eigenvalue weighted by Crippen LogP contribution is -2.35. The SMILES string of the molecule is CC(=O)CCOCC(C)(COCCC(C)=O)COCCC(N)=O. The van der Waals surface area contributed by atoms with Gasteiger partial charge < -0.3 is 19.9 Å². The molecule has 0 saturated carbocycles. The van der Waals surface area contributed by atoms with E-state index in [9.17, 15) is 14.4 Å². The van der Waals surface area contributed by atoms with Crippen LogP contribution in [0.4, 0.5) is 0 Å². The van der Waals surface area contributed by atoms with Gasteiger partial charge in [-0.05, 0) is 13.8 Å². The highest BCUT2D eigenvalue weighted by molar-refractivity contribution is 5.75. The monoisotopic (exact) mass is 331 g/mol. The van der Waals surface area contributed by atoms with E-state index in [1.165, 1.54) is 13.8 Å². The normalized spacial score (nSPS) is 11.4. The number of carbonyl (C=O) groups is 3. The van der Waals surface area contributed by atoms with Crippen LogP contribution >= 0.6 is 0 Å². The summed E-state index contributed by atoms with van der Waals surface area (Å²) in [6.45, 7) is 6.94. The number of ketones is 2. The molecular formula is C16H29NO6. The second kappa shape index (κ2) is 12.2. The van der Waals surface area contributed by atoms with Gasteiger partial charge in [-0.2, -0.15) is 0 Å². The number of hydrogen-bond acceptors (Lipinski definition) is 6. The molecule has 0 heterocycles. The van der Waals surface area contributed by atoms with Gasteiger partial charge >= 0.3 is 0 Å². The zero-order chi connectivity index (χ0) is 17.7. The van der Waals surface area contributed by atoms with E-state index < -0.39 is 11.3 Å². The number of carbonyl (C=O) groups excluding carboxylic acids is 3. The Hall–Kier alpha value is -1.31. The first kappa shape index (κ1) is 21.7. The van der Waals surface area contributed by atoms with Gasteiger partial charge in [0.15, 0.2) is 0 Å². The topological polar surface area (TPSA) is 105 Å². The second-order valence-electron chi connectivity index (χ2n) is 6.09. The molecule has 0 aliphatic rings. The molecular weight excluding hydrogens is 302 g/mol. The Bertz CT molecular complexity index is 328. The van der Waals surface area contributed by atoms with E-state index in [1.807, 2.05) is 6.92 Å². The third-order valence-electron chi connectivity index (χ3n) is 3.04. The zero-order valence-corrected chi connectivity index (χ0v) is 14.4. The van der Waals surface area contributed by atoms with Crippen LogP contribution in [-0.2, 0) is 28.6 Å². The summed E-state index contributed by atoms with van der Waals surface area (Å²) in [4.78, 5) is 32.5. The highest BCUT2D eigenvalue weighted by atomic mass is 16.5. The predicted octanol–water partition coefficient (Wildman–Crippen LogP) is 0.876. The van der Waals surface area contributed by atoms with E-state index in [4.69, 9.17) is 19.9 Å². The quantitative estimate of drug-likeness (QED) is 0.447. The molecule has 2 N–H and O–H groups in total. The van der Waals surface area contributed by atoms with Crippen molar-refractivity contribution in [2.45, 2.75) is 40.0 Å². The van der Waals surface area contributed by atoms with Crippen LogP contribution in [0.25, 0.3) is 0 Å². The maximum absolute atomic E-state index is 10.9. The maximum Gasteiger partial charge on any atom is 0.219 e. The number of Topliss-reactive ketones (excluding diaryl/α,β-unsaturated/α-hetero) is 2. The van der Waals surface area contributed by atoms with Crippen molar-refractivity contribution in [2.24, 2.45) is 11.1 Å². The molecule has 0 fully saturated rings.